The number of carbonyl (C=O) groups excluding carboxylic acids is 1. The number of amides is 1. The molecule has 0 bridgehead atoms. The van der Waals surface area contributed by atoms with Crippen molar-refractivity contribution in [3.63, 3.8) is 0 Å². The Hall–Kier alpha value is -1.46. The number of anilines is 1. The smallest absolute Gasteiger partial charge is 0.238 e. The molecule has 106 valence electrons. The summed E-state index contributed by atoms with van der Waals surface area (Å²) < 4.78 is 1.11. The summed E-state index contributed by atoms with van der Waals surface area (Å²) in [4.78, 5) is 16.3. The molecule has 0 unspecified atom stereocenters. The van der Waals surface area contributed by atoms with Crippen LogP contribution in [-0.4, -0.2) is 23.5 Å². The number of fused-ring (bicyclic) bond motifs is 1. The standard InChI is InChI=1S/C15H19N3OS/c1-10-17-13-7-6-12(8-14(13)20-10)18-15(19)9-16-11-4-2-3-5-11/h6-8,11,16H,2-5,9H2,1H3,(H,18,19). The number of rotatable bonds is 4. The first-order valence-corrected chi connectivity index (χ1v) is 7.93. The molecule has 2 aromatic rings. The van der Waals surface area contributed by atoms with E-state index >= 15 is 0 Å². The van der Waals surface area contributed by atoms with Gasteiger partial charge in [-0.15, -0.1) is 11.3 Å². The molecule has 0 atom stereocenters. The highest BCUT2D eigenvalue weighted by atomic mass is 32.1. The first-order chi connectivity index (χ1) is 9.70. The maximum absolute atomic E-state index is 11.9. The summed E-state index contributed by atoms with van der Waals surface area (Å²) in [6.45, 7) is 2.39. The lowest BCUT2D eigenvalue weighted by molar-refractivity contribution is -0.115. The van der Waals surface area contributed by atoms with E-state index in [0.717, 1.165) is 20.9 Å². The van der Waals surface area contributed by atoms with Gasteiger partial charge in [0.1, 0.15) is 0 Å². The third-order valence-electron chi connectivity index (χ3n) is 3.69. The molecule has 1 amide bonds. The van der Waals surface area contributed by atoms with Crippen molar-refractivity contribution in [1.29, 1.82) is 0 Å². The van der Waals surface area contributed by atoms with Gasteiger partial charge in [0.2, 0.25) is 5.91 Å². The minimum absolute atomic E-state index is 0.0255. The van der Waals surface area contributed by atoms with Crippen LogP contribution in [-0.2, 0) is 4.79 Å². The molecule has 1 fully saturated rings. The fourth-order valence-corrected chi connectivity index (χ4v) is 3.56. The number of aryl methyl sites for hydroxylation is 1. The fourth-order valence-electron chi connectivity index (χ4n) is 2.69. The van der Waals surface area contributed by atoms with Gasteiger partial charge >= 0.3 is 0 Å². The monoisotopic (exact) mass is 289 g/mol. The molecule has 0 aliphatic heterocycles. The summed E-state index contributed by atoms with van der Waals surface area (Å²) in [5.74, 6) is 0.0255. The molecule has 0 saturated heterocycles. The number of benzene rings is 1. The molecule has 1 saturated carbocycles. The number of nitrogens with one attached hydrogen (secondary N) is 2. The van der Waals surface area contributed by atoms with Crippen LogP contribution < -0.4 is 10.6 Å². The van der Waals surface area contributed by atoms with Gasteiger partial charge in [-0.1, -0.05) is 12.8 Å². The number of nitrogens with zero attached hydrogens (tertiary/aromatic N) is 1. The van der Waals surface area contributed by atoms with E-state index in [2.05, 4.69) is 15.6 Å². The highest BCUT2D eigenvalue weighted by molar-refractivity contribution is 7.18. The van der Waals surface area contributed by atoms with Crippen molar-refractivity contribution in [3.05, 3.63) is 23.2 Å². The highest BCUT2D eigenvalue weighted by Gasteiger charge is 2.15. The quantitative estimate of drug-likeness (QED) is 0.909. The molecule has 2 N–H and O–H groups in total. The summed E-state index contributed by atoms with van der Waals surface area (Å²) in [6.07, 6.45) is 4.94. The second-order valence-corrected chi connectivity index (χ2v) is 6.56. The molecule has 3 rings (SSSR count). The third-order valence-corrected chi connectivity index (χ3v) is 4.62. The van der Waals surface area contributed by atoms with E-state index in [1.54, 1.807) is 11.3 Å². The average molecular weight is 289 g/mol. The van der Waals surface area contributed by atoms with Crippen LogP contribution in [0.3, 0.4) is 0 Å². The number of aromatic nitrogens is 1. The number of carbonyl (C=O) groups is 1. The van der Waals surface area contributed by atoms with E-state index in [0.29, 0.717) is 12.6 Å². The van der Waals surface area contributed by atoms with Gasteiger partial charge in [0, 0.05) is 11.7 Å². The van der Waals surface area contributed by atoms with Gasteiger partial charge in [0.15, 0.2) is 0 Å². The average Bonchev–Trinajstić information content (AvgIpc) is 3.04. The molecule has 0 spiro atoms. The Bertz CT molecular complexity index is 617. The van der Waals surface area contributed by atoms with E-state index in [-0.39, 0.29) is 5.91 Å². The molecule has 20 heavy (non-hydrogen) atoms. The van der Waals surface area contributed by atoms with E-state index in [1.165, 1.54) is 25.7 Å². The summed E-state index contributed by atoms with van der Waals surface area (Å²) in [6, 6.07) is 6.38. The van der Waals surface area contributed by atoms with Crippen molar-refractivity contribution in [2.75, 3.05) is 11.9 Å². The first kappa shape index (κ1) is 13.5. The van der Waals surface area contributed by atoms with Crippen LogP contribution >= 0.6 is 11.3 Å². The predicted octanol–water partition coefficient (Wildman–Crippen LogP) is 3.08. The van der Waals surface area contributed by atoms with Crippen LogP contribution in [0.25, 0.3) is 10.2 Å². The summed E-state index contributed by atoms with van der Waals surface area (Å²) >= 11 is 1.65. The maximum Gasteiger partial charge on any atom is 0.238 e. The molecule has 1 heterocycles. The van der Waals surface area contributed by atoms with Crippen LogP contribution in [0.5, 0.6) is 0 Å². The Kier molecular flexibility index (Phi) is 3.98. The van der Waals surface area contributed by atoms with E-state index in [9.17, 15) is 4.79 Å². The van der Waals surface area contributed by atoms with Crippen LogP contribution in [0.1, 0.15) is 30.7 Å². The van der Waals surface area contributed by atoms with Gasteiger partial charge in [-0.05, 0) is 38.0 Å². The number of hydrogen-bond acceptors (Lipinski definition) is 4. The van der Waals surface area contributed by atoms with Crippen LogP contribution in [0.4, 0.5) is 5.69 Å². The zero-order valence-corrected chi connectivity index (χ0v) is 12.4. The van der Waals surface area contributed by atoms with Gasteiger partial charge in [0.25, 0.3) is 0 Å². The number of thiazole rings is 1. The molecule has 4 nitrogen and oxygen atoms in total. The maximum atomic E-state index is 11.9. The van der Waals surface area contributed by atoms with E-state index in [4.69, 9.17) is 0 Å². The summed E-state index contributed by atoms with van der Waals surface area (Å²) in [5, 5.41) is 7.31. The van der Waals surface area contributed by atoms with Crippen LogP contribution in [0.15, 0.2) is 18.2 Å². The largest absolute Gasteiger partial charge is 0.325 e. The fraction of sp³-hybridized carbons (Fsp3) is 0.467. The van der Waals surface area contributed by atoms with Gasteiger partial charge in [-0.2, -0.15) is 0 Å². The van der Waals surface area contributed by atoms with Crippen molar-refractivity contribution >= 4 is 33.1 Å². The zero-order chi connectivity index (χ0) is 13.9. The second-order valence-electron chi connectivity index (χ2n) is 5.33. The Morgan fingerprint density at radius 2 is 2.20 bits per heavy atom. The van der Waals surface area contributed by atoms with E-state index in [1.807, 2.05) is 25.1 Å². The van der Waals surface area contributed by atoms with Crippen LogP contribution in [0, 0.1) is 6.92 Å². The summed E-state index contributed by atoms with van der Waals surface area (Å²) in [7, 11) is 0. The molecule has 5 heteroatoms. The van der Waals surface area contributed by atoms with Crippen molar-refractivity contribution in [2.45, 2.75) is 38.6 Å². The Morgan fingerprint density at radius 1 is 1.40 bits per heavy atom. The molecule has 0 radical (unpaired) electrons. The first-order valence-electron chi connectivity index (χ1n) is 7.11. The topological polar surface area (TPSA) is 54.0 Å². The SMILES string of the molecule is Cc1nc2ccc(NC(=O)CNC3CCCC3)cc2s1. The summed E-state index contributed by atoms with van der Waals surface area (Å²) in [5.41, 5.74) is 1.84. The predicted molar refractivity (Wildman–Crippen MR) is 83.2 cm³/mol. The lowest BCUT2D eigenvalue weighted by Crippen LogP contribution is -2.34. The molecular formula is C15H19N3OS. The Morgan fingerprint density at radius 3 is 3.00 bits per heavy atom. The molecule has 1 aliphatic carbocycles. The lowest BCUT2D eigenvalue weighted by Gasteiger charge is -2.11. The van der Waals surface area contributed by atoms with Crippen molar-refractivity contribution in [2.24, 2.45) is 0 Å². The van der Waals surface area contributed by atoms with Crippen molar-refractivity contribution in [3.8, 4) is 0 Å². The van der Waals surface area contributed by atoms with Gasteiger partial charge in [-0.25, -0.2) is 4.98 Å². The van der Waals surface area contributed by atoms with Crippen molar-refractivity contribution in [1.82, 2.24) is 10.3 Å². The van der Waals surface area contributed by atoms with Crippen LogP contribution in [0.2, 0.25) is 0 Å². The van der Waals surface area contributed by atoms with Gasteiger partial charge in [-0.3, -0.25) is 4.79 Å². The van der Waals surface area contributed by atoms with E-state index < -0.39 is 0 Å². The minimum Gasteiger partial charge on any atom is -0.325 e. The second kappa shape index (κ2) is 5.89. The molecule has 1 aromatic heterocycles. The number of hydrogen-bond donors (Lipinski definition) is 2. The highest BCUT2D eigenvalue weighted by Crippen LogP contribution is 2.24. The van der Waals surface area contributed by atoms with Gasteiger partial charge in [0.05, 0.1) is 21.8 Å². The molecule has 1 aromatic carbocycles. The minimum atomic E-state index is 0.0255. The normalized spacial score (nSPS) is 15.8. The van der Waals surface area contributed by atoms with Crippen molar-refractivity contribution < 1.29 is 4.79 Å². The molecular weight excluding hydrogens is 270 g/mol. The van der Waals surface area contributed by atoms with Gasteiger partial charge < -0.3 is 10.6 Å². The Labute approximate surface area is 122 Å². The lowest BCUT2D eigenvalue weighted by atomic mass is 10.2. The zero-order valence-electron chi connectivity index (χ0n) is 11.6. The third kappa shape index (κ3) is 3.16. The Balaban J connectivity index is 1.58. The molecule has 1 aliphatic rings.